The number of fused-ring (bicyclic) bond motifs is 1. The lowest BCUT2D eigenvalue weighted by molar-refractivity contribution is -0.149. The van der Waals surface area contributed by atoms with Crippen molar-refractivity contribution in [3.8, 4) is 11.1 Å². The van der Waals surface area contributed by atoms with Crippen LogP contribution in [0.2, 0.25) is 0 Å². The molecule has 1 saturated carbocycles. The largest absolute Gasteiger partial charge is 0.482 e. The average molecular weight is 418 g/mol. The smallest absolute Gasteiger partial charge is 0.416 e. The van der Waals surface area contributed by atoms with Gasteiger partial charge in [0.05, 0.1) is 25.0 Å². The number of benzene rings is 2. The first-order chi connectivity index (χ1) is 14.3. The first kappa shape index (κ1) is 20.5. The molecule has 2 aromatic carbocycles. The van der Waals surface area contributed by atoms with E-state index < -0.39 is 29.4 Å². The van der Waals surface area contributed by atoms with Gasteiger partial charge in [0.2, 0.25) is 6.10 Å². The van der Waals surface area contributed by atoms with Gasteiger partial charge in [-0.25, -0.2) is 4.79 Å². The molecule has 30 heavy (non-hydrogen) atoms. The maximum atomic E-state index is 13.9. The van der Waals surface area contributed by atoms with Crippen molar-refractivity contribution in [1.82, 2.24) is 0 Å². The van der Waals surface area contributed by atoms with Gasteiger partial charge in [0.15, 0.2) is 0 Å². The molecular formula is C23H21F3O4. The number of hydrogen-bond acceptors (Lipinski definition) is 3. The number of carboxylic acid groups (broad SMARTS) is 1. The number of hydrogen-bond donors (Lipinski definition) is 1. The molecule has 0 saturated heterocycles. The second kappa shape index (κ2) is 7.80. The third kappa shape index (κ3) is 3.94. The van der Waals surface area contributed by atoms with Crippen LogP contribution in [0.25, 0.3) is 11.1 Å². The Labute approximate surface area is 171 Å². The summed E-state index contributed by atoms with van der Waals surface area (Å²) in [5.74, 6) is -1.39. The molecule has 0 amide bonds. The summed E-state index contributed by atoms with van der Waals surface area (Å²) in [5, 5.41) is 9.46. The third-order valence-corrected chi connectivity index (χ3v) is 5.57. The van der Waals surface area contributed by atoms with E-state index in [2.05, 4.69) is 6.58 Å². The van der Waals surface area contributed by atoms with Crippen LogP contribution in [0.1, 0.15) is 52.7 Å². The van der Waals surface area contributed by atoms with Gasteiger partial charge in [-0.1, -0.05) is 24.8 Å². The van der Waals surface area contributed by atoms with Gasteiger partial charge in [0.1, 0.15) is 0 Å². The van der Waals surface area contributed by atoms with Crippen molar-refractivity contribution in [2.45, 2.75) is 44.1 Å². The van der Waals surface area contributed by atoms with Gasteiger partial charge < -0.3 is 14.6 Å². The average Bonchev–Trinajstić information content (AvgIpc) is 3.55. The number of aliphatic carboxylic acids is 1. The highest BCUT2D eigenvalue weighted by atomic mass is 19.4. The van der Waals surface area contributed by atoms with Crippen LogP contribution in [-0.2, 0) is 33.5 Å². The van der Waals surface area contributed by atoms with Gasteiger partial charge in [-0.05, 0) is 65.1 Å². The maximum Gasteiger partial charge on any atom is 0.416 e. The zero-order valence-corrected chi connectivity index (χ0v) is 16.2. The first-order valence-corrected chi connectivity index (χ1v) is 9.73. The number of carboxylic acids is 1. The van der Waals surface area contributed by atoms with E-state index in [0.717, 1.165) is 41.9 Å². The molecule has 7 heteroatoms. The molecule has 2 aromatic rings. The van der Waals surface area contributed by atoms with Gasteiger partial charge in [0.25, 0.3) is 0 Å². The summed E-state index contributed by atoms with van der Waals surface area (Å²) >= 11 is 0. The van der Waals surface area contributed by atoms with Gasteiger partial charge >= 0.3 is 12.1 Å². The minimum atomic E-state index is -4.73. The molecular weight excluding hydrogens is 397 g/mol. The van der Waals surface area contributed by atoms with Gasteiger partial charge in [-0.3, -0.25) is 0 Å². The molecule has 1 fully saturated rings. The Morgan fingerprint density at radius 2 is 2.00 bits per heavy atom. The minimum Gasteiger partial charge on any atom is -0.482 e. The second-order valence-corrected chi connectivity index (χ2v) is 7.61. The zero-order valence-electron chi connectivity index (χ0n) is 16.2. The van der Waals surface area contributed by atoms with E-state index in [9.17, 15) is 23.1 Å². The van der Waals surface area contributed by atoms with Gasteiger partial charge in [0, 0.05) is 5.56 Å². The molecule has 0 bridgehead atoms. The molecule has 1 atom stereocenters. The van der Waals surface area contributed by atoms with Crippen LogP contribution >= 0.6 is 0 Å². The molecule has 1 N–H and O–H groups in total. The van der Waals surface area contributed by atoms with Crippen LogP contribution in [0, 0.1) is 0 Å². The third-order valence-electron chi connectivity index (χ3n) is 5.57. The van der Waals surface area contributed by atoms with Crippen LogP contribution in [0.3, 0.4) is 0 Å². The van der Waals surface area contributed by atoms with Crippen molar-refractivity contribution < 1.29 is 32.5 Å². The highest BCUT2D eigenvalue weighted by Gasteiger charge is 2.40. The van der Waals surface area contributed by atoms with E-state index in [0.29, 0.717) is 30.8 Å². The van der Waals surface area contributed by atoms with Gasteiger partial charge in [-0.15, -0.1) is 0 Å². The van der Waals surface area contributed by atoms with E-state index in [4.69, 9.17) is 9.47 Å². The Morgan fingerprint density at radius 1 is 1.23 bits per heavy atom. The number of ether oxygens (including phenoxy) is 2. The van der Waals surface area contributed by atoms with Crippen LogP contribution in [0.5, 0.6) is 0 Å². The molecule has 1 aliphatic carbocycles. The Bertz CT molecular complexity index is 993. The summed E-state index contributed by atoms with van der Waals surface area (Å²) in [7, 11) is 0. The van der Waals surface area contributed by atoms with Crippen molar-refractivity contribution in [2.75, 3.05) is 6.61 Å². The van der Waals surface area contributed by atoms with Crippen LogP contribution in [-0.4, -0.2) is 17.7 Å². The molecule has 0 aromatic heterocycles. The molecule has 0 radical (unpaired) electrons. The Hall–Kier alpha value is -2.80. The maximum absolute atomic E-state index is 13.9. The highest BCUT2D eigenvalue weighted by molar-refractivity contribution is 5.78. The monoisotopic (exact) mass is 418 g/mol. The molecule has 0 spiro atoms. The van der Waals surface area contributed by atoms with E-state index in [-0.39, 0.29) is 5.92 Å². The van der Waals surface area contributed by atoms with Crippen LogP contribution in [0.4, 0.5) is 13.2 Å². The van der Waals surface area contributed by atoms with Crippen LogP contribution < -0.4 is 0 Å². The van der Waals surface area contributed by atoms with Crippen molar-refractivity contribution in [3.05, 3.63) is 71.0 Å². The lowest BCUT2D eigenvalue weighted by Crippen LogP contribution is -2.20. The normalized spacial score (nSPS) is 17.2. The van der Waals surface area contributed by atoms with E-state index >= 15 is 0 Å². The molecule has 4 rings (SSSR count). The van der Waals surface area contributed by atoms with Crippen LogP contribution in [0.15, 0.2) is 43.2 Å². The van der Waals surface area contributed by atoms with Gasteiger partial charge in [-0.2, -0.15) is 13.2 Å². The summed E-state index contributed by atoms with van der Waals surface area (Å²) in [4.78, 5) is 11.6. The quantitative estimate of drug-likeness (QED) is 0.620. The highest BCUT2D eigenvalue weighted by Crippen LogP contribution is 2.48. The summed E-state index contributed by atoms with van der Waals surface area (Å²) < 4.78 is 52.2. The zero-order chi connectivity index (χ0) is 21.5. The van der Waals surface area contributed by atoms with E-state index in [1.54, 1.807) is 0 Å². The molecule has 4 nitrogen and oxygen atoms in total. The lowest BCUT2D eigenvalue weighted by atomic mass is 9.87. The second-order valence-electron chi connectivity index (χ2n) is 7.61. The lowest BCUT2D eigenvalue weighted by Gasteiger charge is -2.23. The van der Waals surface area contributed by atoms with Crippen molar-refractivity contribution >= 4 is 5.97 Å². The Kier molecular flexibility index (Phi) is 5.32. The van der Waals surface area contributed by atoms with Crippen molar-refractivity contribution in [2.24, 2.45) is 0 Å². The molecule has 1 aliphatic heterocycles. The van der Waals surface area contributed by atoms with E-state index in [1.165, 1.54) is 6.07 Å². The molecule has 1 heterocycles. The van der Waals surface area contributed by atoms with Crippen molar-refractivity contribution in [3.63, 3.8) is 0 Å². The molecule has 1 unspecified atom stereocenters. The number of carbonyl (C=O) groups is 1. The fraction of sp³-hybridized carbons (Fsp3) is 0.348. The number of halogens is 3. The predicted octanol–water partition coefficient (Wildman–Crippen LogP) is 5.61. The fourth-order valence-corrected chi connectivity index (χ4v) is 3.97. The summed E-state index contributed by atoms with van der Waals surface area (Å²) in [6.07, 6.45) is -3.22. The SMILES string of the molecule is C=COC(C(=O)O)c1cc(C2CC2)c(-c2ccc3c(c2)CCOC3)cc1C(F)(F)F. The van der Waals surface area contributed by atoms with Crippen molar-refractivity contribution in [1.29, 1.82) is 0 Å². The standard InChI is InChI=1S/C23H21F3O4/c1-2-30-21(22(27)28)19-10-17(13-3-4-13)18(11-20(19)23(24,25)26)15-5-6-16-12-29-8-7-14(16)9-15/h2,5-6,9-11,13,21H,1,3-4,7-8,12H2,(H,27,28). The number of rotatable bonds is 6. The summed E-state index contributed by atoms with van der Waals surface area (Å²) in [6.45, 7) is 4.38. The number of alkyl halides is 3. The Morgan fingerprint density at radius 3 is 2.63 bits per heavy atom. The molecule has 2 aliphatic rings. The molecule has 158 valence electrons. The first-order valence-electron chi connectivity index (χ1n) is 9.73. The van der Waals surface area contributed by atoms with E-state index in [1.807, 2.05) is 18.2 Å². The minimum absolute atomic E-state index is 0.110. The topological polar surface area (TPSA) is 55.8 Å². The Balaban J connectivity index is 1.91. The summed E-state index contributed by atoms with van der Waals surface area (Å²) in [5.41, 5.74) is 2.62. The summed E-state index contributed by atoms with van der Waals surface area (Å²) in [6, 6.07) is 8.06. The predicted molar refractivity (Wildman–Crippen MR) is 104 cm³/mol. The fourth-order valence-electron chi connectivity index (χ4n) is 3.97.